The third kappa shape index (κ3) is 6.45. The molecule has 0 spiro atoms. The van der Waals surface area contributed by atoms with E-state index in [2.05, 4.69) is 15.6 Å². The molecule has 2 N–H and O–H groups in total. The third-order valence-electron chi connectivity index (χ3n) is 4.40. The lowest BCUT2D eigenvalue weighted by Crippen LogP contribution is -2.39. The highest BCUT2D eigenvalue weighted by Crippen LogP contribution is 2.32. The van der Waals surface area contributed by atoms with E-state index in [0.717, 1.165) is 0 Å². The van der Waals surface area contributed by atoms with Crippen LogP contribution in [0, 0.1) is 5.92 Å². The fourth-order valence-electron chi connectivity index (χ4n) is 3.08. The van der Waals surface area contributed by atoms with Crippen LogP contribution in [0.1, 0.15) is 27.7 Å². The topological polar surface area (TPSA) is 133 Å². The lowest BCUT2D eigenvalue weighted by Gasteiger charge is -2.28. The summed E-state index contributed by atoms with van der Waals surface area (Å²) in [7, 11) is 0. The zero-order chi connectivity index (χ0) is 24.7. The SMILES string of the molecule is CCOC(=O)C1=C(C)NC(C)=C(C(=O)OCC)C1C(=O)OCC(=O)Nc1ncc(Cl)cc1Cl. The Hall–Kier alpha value is -3.11. The van der Waals surface area contributed by atoms with E-state index in [0.29, 0.717) is 11.4 Å². The second-order valence-electron chi connectivity index (χ2n) is 6.72. The van der Waals surface area contributed by atoms with Gasteiger partial charge in [0.1, 0.15) is 5.92 Å². The summed E-state index contributed by atoms with van der Waals surface area (Å²) in [6, 6.07) is 1.38. The molecule has 1 aliphatic rings. The summed E-state index contributed by atoms with van der Waals surface area (Å²) in [6.45, 7) is 5.68. The van der Waals surface area contributed by atoms with Crippen LogP contribution in [0.4, 0.5) is 5.82 Å². The van der Waals surface area contributed by atoms with E-state index in [-0.39, 0.29) is 40.2 Å². The molecule has 0 aliphatic carbocycles. The number of halogens is 2. The minimum Gasteiger partial charge on any atom is -0.463 e. The summed E-state index contributed by atoms with van der Waals surface area (Å²) in [5, 5.41) is 5.64. The molecule has 10 nitrogen and oxygen atoms in total. The fraction of sp³-hybridized carbons (Fsp3) is 0.381. The third-order valence-corrected chi connectivity index (χ3v) is 4.89. The Balaban J connectivity index is 2.26. The molecule has 0 atom stereocenters. The number of esters is 3. The molecular formula is C21H23Cl2N3O7. The first-order chi connectivity index (χ1) is 15.6. The lowest BCUT2D eigenvalue weighted by molar-refractivity contribution is -0.153. The summed E-state index contributed by atoms with van der Waals surface area (Å²) < 4.78 is 15.2. The van der Waals surface area contributed by atoms with Crippen molar-refractivity contribution in [1.82, 2.24) is 10.3 Å². The second-order valence-corrected chi connectivity index (χ2v) is 7.56. The van der Waals surface area contributed by atoms with Crippen LogP contribution in [0.15, 0.2) is 34.8 Å². The standard InChI is InChI=1S/C21H23Cl2N3O7/c1-5-31-19(28)15-10(3)25-11(4)16(20(29)32-6-2)17(15)21(30)33-9-14(27)26-18-13(23)7-12(22)8-24-18/h7-8,17,25H,5-6,9H2,1-4H3,(H,24,26,27). The molecule has 1 amide bonds. The highest BCUT2D eigenvalue weighted by Gasteiger charge is 2.42. The van der Waals surface area contributed by atoms with Crippen LogP contribution in [0.3, 0.4) is 0 Å². The number of allylic oxidation sites excluding steroid dienone is 2. The molecule has 2 rings (SSSR count). The van der Waals surface area contributed by atoms with Gasteiger partial charge in [-0.05, 0) is 33.8 Å². The predicted molar refractivity (Wildman–Crippen MR) is 119 cm³/mol. The van der Waals surface area contributed by atoms with Crippen molar-refractivity contribution < 1.29 is 33.4 Å². The van der Waals surface area contributed by atoms with Gasteiger partial charge in [0.05, 0.1) is 34.4 Å². The quantitative estimate of drug-likeness (QED) is 0.408. The Labute approximate surface area is 200 Å². The van der Waals surface area contributed by atoms with Crippen molar-refractivity contribution >= 4 is 52.8 Å². The highest BCUT2D eigenvalue weighted by atomic mass is 35.5. The van der Waals surface area contributed by atoms with E-state index in [9.17, 15) is 19.2 Å². The summed E-state index contributed by atoms with van der Waals surface area (Å²) in [4.78, 5) is 54.3. The number of carbonyl (C=O) groups is 4. The van der Waals surface area contributed by atoms with Crippen LogP contribution in [-0.2, 0) is 33.4 Å². The first-order valence-electron chi connectivity index (χ1n) is 9.90. The number of dihydropyridines is 1. The number of hydrogen-bond acceptors (Lipinski definition) is 9. The monoisotopic (exact) mass is 499 g/mol. The molecule has 0 saturated carbocycles. The second kappa shape index (κ2) is 11.7. The van der Waals surface area contributed by atoms with Gasteiger partial charge in [-0.3, -0.25) is 9.59 Å². The number of hydrogen-bond donors (Lipinski definition) is 2. The minimum atomic E-state index is -1.45. The van der Waals surface area contributed by atoms with Crippen molar-refractivity contribution in [3.8, 4) is 0 Å². The minimum absolute atomic E-state index is 0.0230. The van der Waals surface area contributed by atoms with Crippen molar-refractivity contribution in [2.75, 3.05) is 25.1 Å². The van der Waals surface area contributed by atoms with Gasteiger partial charge in [0.25, 0.3) is 5.91 Å². The molecule has 1 aromatic rings. The van der Waals surface area contributed by atoms with Crippen LogP contribution in [0.5, 0.6) is 0 Å². The van der Waals surface area contributed by atoms with Crippen LogP contribution >= 0.6 is 23.2 Å². The van der Waals surface area contributed by atoms with E-state index in [1.807, 2.05) is 0 Å². The average Bonchev–Trinajstić information content (AvgIpc) is 2.73. The van der Waals surface area contributed by atoms with Crippen LogP contribution < -0.4 is 10.6 Å². The highest BCUT2D eigenvalue weighted by molar-refractivity contribution is 6.36. The smallest absolute Gasteiger partial charge is 0.337 e. The molecule has 12 heteroatoms. The number of carbonyl (C=O) groups excluding carboxylic acids is 4. The van der Waals surface area contributed by atoms with Crippen molar-refractivity contribution in [1.29, 1.82) is 0 Å². The molecule has 0 saturated heterocycles. The van der Waals surface area contributed by atoms with E-state index in [4.69, 9.17) is 37.4 Å². The summed E-state index contributed by atoms with van der Waals surface area (Å²) in [6.07, 6.45) is 1.28. The first kappa shape index (κ1) is 26.1. The molecule has 178 valence electrons. The average molecular weight is 500 g/mol. The Morgan fingerprint density at radius 1 is 1.00 bits per heavy atom. The number of amides is 1. The fourth-order valence-corrected chi connectivity index (χ4v) is 3.51. The summed E-state index contributed by atoms with van der Waals surface area (Å²) in [5.74, 6) is -4.79. The molecule has 0 aromatic carbocycles. The predicted octanol–water partition coefficient (Wildman–Crippen LogP) is 2.76. The number of nitrogens with zero attached hydrogens (tertiary/aromatic N) is 1. The summed E-state index contributed by atoms with van der Waals surface area (Å²) >= 11 is 11.7. The molecule has 1 aliphatic heterocycles. The maximum Gasteiger partial charge on any atom is 0.337 e. The largest absolute Gasteiger partial charge is 0.463 e. The van der Waals surface area contributed by atoms with Gasteiger partial charge in [-0.2, -0.15) is 0 Å². The molecule has 0 bridgehead atoms. The molecule has 2 heterocycles. The molecular weight excluding hydrogens is 477 g/mol. The molecule has 0 radical (unpaired) electrons. The molecule has 33 heavy (non-hydrogen) atoms. The van der Waals surface area contributed by atoms with Gasteiger partial charge in [-0.15, -0.1) is 0 Å². The Morgan fingerprint density at radius 2 is 1.55 bits per heavy atom. The van der Waals surface area contributed by atoms with Gasteiger partial charge in [0, 0.05) is 17.6 Å². The zero-order valence-corrected chi connectivity index (χ0v) is 19.9. The van der Waals surface area contributed by atoms with E-state index in [1.165, 1.54) is 12.3 Å². The lowest BCUT2D eigenvalue weighted by atomic mass is 9.85. The maximum atomic E-state index is 13.0. The number of pyridine rings is 1. The van der Waals surface area contributed by atoms with Crippen molar-refractivity contribution in [2.24, 2.45) is 5.92 Å². The van der Waals surface area contributed by atoms with Gasteiger partial charge in [0.2, 0.25) is 0 Å². The zero-order valence-electron chi connectivity index (χ0n) is 18.4. The summed E-state index contributed by atoms with van der Waals surface area (Å²) in [5.41, 5.74) is 0.390. The Morgan fingerprint density at radius 3 is 2.03 bits per heavy atom. The van der Waals surface area contributed by atoms with Crippen molar-refractivity contribution in [3.63, 3.8) is 0 Å². The molecule has 1 aromatic heterocycles. The first-order valence-corrected chi connectivity index (χ1v) is 10.7. The molecule has 0 unspecified atom stereocenters. The van der Waals surface area contributed by atoms with Gasteiger partial charge in [0.15, 0.2) is 12.4 Å². The number of nitrogens with one attached hydrogen (secondary N) is 2. The van der Waals surface area contributed by atoms with Gasteiger partial charge < -0.3 is 24.8 Å². The van der Waals surface area contributed by atoms with E-state index < -0.39 is 36.3 Å². The normalized spacial score (nSPS) is 13.9. The van der Waals surface area contributed by atoms with Crippen LogP contribution in [0.25, 0.3) is 0 Å². The number of ether oxygens (including phenoxy) is 3. The van der Waals surface area contributed by atoms with Crippen LogP contribution in [-0.4, -0.2) is 48.6 Å². The number of rotatable bonds is 8. The Bertz CT molecular complexity index is 997. The van der Waals surface area contributed by atoms with E-state index >= 15 is 0 Å². The number of anilines is 1. The number of aromatic nitrogens is 1. The van der Waals surface area contributed by atoms with Gasteiger partial charge >= 0.3 is 17.9 Å². The van der Waals surface area contributed by atoms with Crippen LogP contribution in [0.2, 0.25) is 10.0 Å². The van der Waals surface area contributed by atoms with Crippen molar-refractivity contribution in [2.45, 2.75) is 27.7 Å². The van der Waals surface area contributed by atoms with Gasteiger partial charge in [-0.25, -0.2) is 14.6 Å². The maximum absolute atomic E-state index is 13.0. The van der Waals surface area contributed by atoms with E-state index in [1.54, 1.807) is 27.7 Å². The molecule has 0 fully saturated rings. The Kier molecular flexibility index (Phi) is 9.24. The van der Waals surface area contributed by atoms with Crippen molar-refractivity contribution in [3.05, 3.63) is 44.8 Å². The van der Waals surface area contributed by atoms with Gasteiger partial charge in [-0.1, -0.05) is 23.2 Å².